The van der Waals surface area contributed by atoms with Crippen molar-refractivity contribution in [2.75, 3.05) is 12.1 Å². The molecule has 0 radical (unpaired) electrons. The first-order valence-corrected chi connectivity index (χ1v) is 7.11. The van der Waals surface area contributed by atoms with Gasteiger partial charge in [-0.2, -0.15) is 0 Å². The fourth-order valence-corrected chi connectivity index (χ4v) is 2.48. The van der Waals surface area contributed by atoms with Crippen molar-refractivity contribution < 1.29 is 14.6 Å². The molecule has 0 atom stereocenters. The molecule has 0 fully saturated rings. The second kappa shape index (κ2) is 5.42. The van der Waals surface area contributed by atoms with Crippen LogP contribution in [0.4, 0.5) is 5.69 Å². The van der Waals surface area contributed by atoms with Gasteiger partial charge in [-0.1, -0.05) is 27.5 Å². The molecular weight excluding hydrogens is 346 g/mol. The van der Waals surface area contributed by atoms with Crippen LogP contribution in [0.5, 0.6) is 17.2 Å². The highest BCUT2D eigenvalue weighted by atomic mass is 79.9. The Labute approximate surface area is 129 Å². The van der Waals surface area contributed by atoms with Crippen molar-refractivity contribution in [3.63, 3.8) is 0 Å². The lowest BCUT2D eigenvalue weighted by atomic mass is 10.1. The molecule has 3 rings (SSSR count). The number of hydrogen-bond acceptors (Lipinski definition) is 4. The van der Waals surface area contributed by atoms with E-state index in [1.165, 1.54) is 0 Å². The van der Waals surface area contributed by atoms with E-state index < -0.39 is 0 Å². The molecule has 6 heteroatoms. The third kappa shape index (κ3) is 2.64. The fourth-order valence-electron chi connectivity index (χ4n) is 1.94. The van der Waals surface area contributed by atoms with Crippen LogP contribution in [0.2, 0.25) is 5.02 Å². The fraction of sp³-hybridized carbons (Fsp3) is 0.143. The van der Waals surface area contributed by atoms with E-state index >= 15 is 0 Å². The zero-order chi connectivity index (χ0) is 14.1. The van der Waals surface area contributed by atoms with Gasteiger partial charge in [-0.3, -0.25) is 0 Å². The van der Waals surface area contributed by atoms with Gasteiger partial charge in [0.15, 0.2) is 11.5 Å². The van der Waals surface area contributed by atoms with E-state index in [1.54, 1.807) is 18.2 Å². The quantitative estimate of drug-likeness (QED) is 0.867. The standard InChI is InChI=1S/C14H11BrClNO3/c15-9-1-2-10(16)11(4-9)17-6-8-3-13-14(5-12(8)18)20-7-19-13/h1-5,17-18H,6-7H2. The Bertz CT molecular complexity index is 663. The minimum atomic E-state index is 0.160. The topological polar surface area (TPSA) is 50.7 Å². The first-order valence-electron chi connectivity index (χ1n) is 5.94. The van der Waals surface area contributed by atoms with E-state index in [2.05, 4.69) is 21.2 Å². The van der Waals surface area contributed by atoms with E-state index in [0.717, 1.165) is 10.2 Å². The number of halogens is 2. The molecule has 0 aromatic heterocycles. The van der Waals surface area contributed by atoms with Gasteiger partial charge in [0.2, 0.25) is 6.79 Å². The lowest BCUT2D eigenvalue weighted by Crippen LogP contribution is -2.00. The molecule has 0 spiro atoms. The Hall–Kier alpha value is -1.59. The third-order valence-electron chi connectivity index (χ3n) is 2.97. The molecule has 0 amide bonds. The molecule has 20 heavy (non-hydrogen) atoms. The van der Waals surface area contributed by atoms with Crippen molar-refractivity contribution in [2.24, 2.45) is 0 Å². The minimum Gasteiger partial charge on any atom is -0.507 e. The van der Waals surface area contributed by atoms with E-state index in [9.17, 15) is 5.11 Å². The number of aromatic hydroxyl groups is 1. The summed E-state index contributed by atoms with van der Waals surface area (Å²) in [5, 5.41) is 13.8. The third-order valence-corrected chi connectivity index (χ3v) is 3.79. The summed E-state index contributed by atoms with van der Waals surface area (Å²) in [6.07, 6.45) is 0. The molecule has 2 aromatic carbocycles. The van der Waals surface area contributed by atoms with Crippen LogP contribution in [0, 0.1) is 0 Å². The van der Waals surface area contributed by atoms with E-state index in [0.29, 0.717) is 28.6 Å². The molecule has 104 valence electrons. The summed E-state index contributed by atoms with van der Waals surface area (Å²) in [7, 11) is 0. The highest BCUT2D eigenvalue weighted by molar-refractivity contribution is 9.10. The van der Waals surface area contributed by atoms with Crippen molar-refractivity contribution in [3.05, 3.63) is 45.4 Å². The number of anilines is 1. The second-order valence-electron chi connectivity index (χ2n) is 4.31. The second-order valence-corrected chi connectivity index (χ2v) is 5.63. The first kappa shape index (κ1) is 13.4. The van der Waals surface area contributed by atoms with E-state index in [-0.39, 0.29) is 12.5 Å². The van der Waals surface area contributed by atoms with E-state index in [1.807, 2.05) is 12.1 Å². The number of phenolic OH excluding ortho intramolecular Hbond substituents is 1. The maximum absolute atomic E-state index is 9.96. The summed E-state index contributed by atoms with van der Waals surface area (Å²) in [4.78, 5) is 0. The molecule has 2 aromatic rings. The molecule has 2 N–H and O–H groups in total. The summed E-state index contributed by atoms with van der Waals surface area (Å²) in [5.74, 6) is 1.36. The molecule has 1 heterocycles. The van der Waals surface area contributed by atoms with Crippen LogP contribution in [0.3, 0.4) is 0 Å². The van der Waals surface area contributed by atoms with Gasteiger partial charge in [0.1, 0.15) is 5.75 Å². The Morgan fingerprint density at radius 1 is 1.20 bits per heavy atom. The predicted molar refractivity (Wildman–Crippen MR) is 80.7 cm³/mol. The van der Waals surface area contributed by atoms with Gasteiger partial charge in [0, 0.05) is 22.6 Å². The number of benzene rings is 2. The summed E-state index contributed by atoms with van der Waals surface area (Å²) >= 11 is 9.50. The molecular formula is C14H11BrClNO3. The smallest absolute Gasteiger partial charge is 0.231 e. The van der Waals surface area contributed by atoms with Crippen LogP contribution < -0.4 is 14.8 Å². The lowest BCUT2D eigenvalue weighted by Gasteiger charge is -2.11. The minimum absolute atomic E-state index is 0.160. The lowest BCUT2D eigenvalue weighted by molar-refractivity contribution is 0.174. The van der Waals surface area contributed by atoms with Crippen LogP contribution in [-0.4, -0.2) is 11.9 Å². The molecule has 0 unspecified atom stereocenters. The van der Waals surface area contributed by atoms with Crippen molar-refractivity contribution in [3.8, 4) is 17.2 Å². The molecule has 0 saturated heterocycles. The van der Waals surface area contributed by atoms with Gasteiger partial charge in [-0.25, -0.2) is 0 Å². The Morgan fingerprint density at radius 3 is 2.75 bits per heavy atom. The summed E-state index contributed by atoms with van der Waals surface area (Å²) in [6.45, 7) is 0.613. The number of fused-ring (bicyclic) bond motifs is 1. The van der Waals surface area contributed by atoms with Crippen LogP contribution >= 0.6 is 27.5 Å². The highest BCUT2D eigenvalue weighted by Gasteiger charge is 2.17. The normalized spacial score (nSPS) is 12.5. The summed E-state index contributed by atoms with van der Waals surface area (Å²) in [6, 6.07) is 8.86. The predicted octanol–water partition coefficient (Wildman–Crippen LogP) is 4.15. The van der Waals surface area contributed by atoms with Crippen LogP contribution in [0.1, 0.15) is 5.56 Å². The maximum Gasteiger partial charge on any atom is 0.231 e. The van der Waals surface area contributed by atoms with Crippen LogP contribution in [0.15, 0.2) is 34.8 Å². The van der Waals surface area contributed by atoms with Crippen LogP contribution in [-0.2, 0) is 6.54 Å². The van der Waals surface area contributed by atoms with Gasteiger partial charge < -0.3 is 19.9 Å². The van der Waals surface area contributed by atoms with Crippen molar-refractivity contribution in [1.29, 1.82) is 0 Å². The van der Waals surface area contributed by atoms with Crippen molar-refractivity contribution >= 4 is 33.2 Å². The highest BCUT2D eigenvalue weighted by Crippen LogP contribution is 2.38. The average molecular weight is 357 g/mol. The molecule has 0 saturated carbocycles. The monoisotopic (exact) mass is 355 g/mol. The van der Waals surface area contributed by atoms with Gasteiger partial charge in [0.25, 0.3) is 0 Å². The Kier molecular flexibility index (Phi) is 3.63. The summed E-state index contributed by atoms with van der Waals surface area (Å²) in [5.41, 5.74) is 1.50. The van der Waals surface area contributed by atoms with Crippen LogP contribution in [0.25, 0.3) is 0 Å². The number of nitrogens with one attached hydrogen (secondary N) is 1. The number of phenols is 1. The molecule has 4 nitrogen and oxygen atoms in total. The van der Waals surface area contributed by atoms with Gasteiger partial charge >= 0.3 is 0 Å². The average Bonchev–Trinajstić information content (AvgIpc) is 2.86. The van der Waals surface area contributed by atoms with Gasteiger partial charge in [-0.05, 0) is 24.3 Å². The van der Waals surface area contributed by atoms with Crippen molar-refractivity contribution in [2.45, 2.75) is 6.54 Å². The Morgan fingerprint density at radius 2 is 1.95 bits per heavy atom. The van der Waals surface area contributed by atoms with Gasteiger partial charge in [-0.15, -0.1) is 0 Å². The molecule has 1 aliphatic heterocycles. The Balaban J connectivity index is 1.80. The zero-order valence-corrected chi connectivity index (χ0v) is 12.7. The number of hydrogen-bond donors (Lipinski definition) is 2. The zero-order valence-electron chi connectivity index (χ0n) is 10.3. The molecule has 1 aliphatic rings. The SMILES string of the molecule is Oc1cc2c(cc1CNc1cc(Br)ccc1Cl)OCO2. The molecule has 0 bridgehead atoms. The number of ether oxygens (including phenoxy) is 2. The number of rotatable bonds is 3. The van der Waals surface area contributed by atoms with Gasteiger partial charge in [0.05, 0.1) is 10.7 Å². The largest absolute Gasteiger partial charge is 0.507 e. The maximum atomic E-state index is 9.96. The molecule has 0 aliphatic carbocycles. The first-order chi connectivity index (χ1) is 9.63. The van der Waals surface area contributed by atoms with Crippen molar-refractivity contribution in [1.82, 2.24) is 0 Å². The van der Waals surface area contributed by atoms with E-state index in [4.69, 9.17) is 21.1 Å². The summed E-state index contributed by atoms with van der Waals surface area (Å²) < 4.78 is 11.4.